The van der Waals surface area contributed by atoms with Crippen LogP contribution in [0.2, 0.25) is 0 Å². The summed E-state index contributed by atoms with van der Waals surface area (Å²) >= 11 is 5.51. The highest BCUT2D eigenvalue weighted by Crippen LogP contribution is 2.18. The lowest BCUT2D eigenvalue weighted by Gasteiger charge is -1.98. The van der Waals surface area contributed by atoms with E-state index in [2.05, 4.69) is 19.2 Å². The Morgan fingerprint density at radius 1 is 1.33 bits per heavy atom. The van der Waals surface area contributed by atoms with Crippen LogP contribution in [0.3, 0.4) is 0 Å². The van der Waals surface area contributed by atoms with E-state index in [0.717, 1.165) is 7.11 Å². The zero-order valence-electron chi connectivity index (χ0n) is 8.07. The molecule has 6 nitrogen and oxygen atoms in total. The van der Waals surface area contributed by atoms with Gasteiger partial charge in [0.15, 0.2) is 0 Å². The number of carbonyl (C=O) groups is 2. The topological polar surface area (TPSA) is 78.6 Å². The summed E-state index contributed by atoms with van der Waals surface area (Å²) < 4.78 is 13.5. The van der Waals surface area contributed by atoms with Gasteiger partial charge in [0.1, 0.15) is 11.3 Å². The van der Waals surface area contributed by atoms with E-state index in [1.54, 1.807) is 0 Å². The Hall–Kier alpha value is -1.56. The molecule has 0 spiro atoms. The molecule has 0 aliphatic carbocycles. The van der Waals surface area contributed by atoms with Gasteiger partial charge in [-0.05, 0) is 0 Å². The van der Waals surface area contributed by atoms with Crippen LogP contribution in [-0.4, -0.2) is 31.3 Å². The van der Waals surface area contributed by atoms with E-state index in [1.165, 1.54) is 7.11 Å². The molecule has 0 amide bonds. The number of esters is 2. The number of alkyl halides is 1. The van der Waals surface area contributed by atoms with Crippen molar-refractivity contribution in [2.75, 3.05) is 14.2 Å². The molecule has 0 aliphatic rings. The Kier molecular flexibility index (Phi) is 3.68. The molecule has 1 aromatic heterocycles. The van der Waals surface area contributed by atoms with Crippen molar-refractivity contribution < 1.29 is 23.6 Å². The van der Waals surface area contributed by atoms with Crippen LogP contribution in [-0.2, 0) is 15.4 Å². The molecule has 0 aromatic carbocycles. The van der Waals surface area contributed by atoms with Crippen LogP contribution in [0, 0.1) is 0 Å². The molecule has 0 aliphatic heterocycles. The summed E-state index contributed by atoms with van der Waals surface area (Å²) in [6, 6.07) is 0. The molecule has 0 bridgehead atoms. The van der Waals surface area contributed by atoms with Gasteiger partial charge in [-0.15, -0.1) is 11.6 Å². The summed E-state index contributed by atoms with van der Waals surface area (Å²) in [6.45, 7) is 0. The summed E-state index contributed by atoms with van der Waals surface area (Å²) in [5.74, 6) is -1.92. The van der Waals surface area contributed by atoms with Gasteiger partial charge >= 0.3 is 11.9 Å². The minimum Gasteiger partial charge on any atom is -0.465 e. The van der Waals surface area contributed by atoms with Crippen LogP contribution in [0.5, 0.6) is 0 Å². The Morgan fingerprint density at radius 3 is 2.40 bits per heavy atom. The van der Waals surface area contributed by atoms with E-state index in [4.69, 9.17) is 11.6 Å². The molecular formula is C8H8ClNO5. The summed E-state index contributed by atoms with van der Waals surface area (Å²) in [5, 5.41) is 3.46. The van der Waals surface area contributed by atoms with Gasteiger partial charge in [0.25, 0.3) is 5.76 Å². The van der Waals surface area contributed by atoms with Gasteiger partial charge in [-0.3, -0.25) is 0 Å². The van der Waals surface area contributed by atoms with Gasteiger partial charge in [-0.2, -0.15) is 0 Å². The second-order valence-electron chi connectivity index (χ2n) is 2.45. The van der Waals surface area contributed by atoms with E-state index in [-0.39, 0.29) is 22.9 Å². The highest BCUT2D eigenvalue weighted by molar-refractivity contribution is 6.17. The number of hydrogen-bond donors (Lipinski definition) is 0. The SMILES string of the molecule is COC(=O)c1onc(CCl)c1C(=O)OC. The van der Waals surface area contributed by atoms with Gasteiger partial charge in [0, 0.05) is 0 Å². The predicted molar refractivity (Wildman–Crippen MR) is 48.7 cm³/mol. The number of rotatable bonds is 3. The van der Waals surface area contributed by atoms with Gasteiger partial charge in [-0.1, -0.05) is 5.16 Å². The average Bonchev–Trinajstić information content (AvgIpc) is 2.70. The van der Waals surface area contributed by atoms with Gasteiger partial charge < -0.3 is 14.0 Å². The fourth-order valence-corrected chi connectivity index (χ4v) is 1.14. The monoisotopic (exact) mass is 233 g/mol. The highest BCUT2D eigenvalue weighted by Gasteiger charge is 2.28. The normalized spacial score (nSPS) is 9.80. The molecule has 1 heterocycles. The van der Waals surface area contributed by atoms with Gasteiger partial charge in [0.05, 0.1) is 20.1 Å². The van der Waals surface area contributed by atoms with Gasteiger partial charge in [-0.25, -0.2) is 9.59 Å². The number of methoxy groups -OCH3 is 2. The third kappa shape index (κ3) is 2.10. The molecular weight excluding hydrogens is 226 g/mol. The van der Waals surface area contributed by atoms with E-state index in [1.807, 2.05) is 0 Å². The number of hydrogen-bond acceptors (Lipinski definition) is 6. The third-order valence-corrected chi connectivity index (χ3v) is 1.90. The first-order chi connectivity index (χ1) is 7.15. The van der Waals surface area contributed by atoms with Crippen LogP contribution in [0.25, 0.3) is 0 Å². The van der Waals surface area contributed by atoms with Crippen molar-refractivity contribution in [1.82, 2.24) is 5.16 Å². The molecule has 0 atom stereocenters. The maximum atomic E-state index is 11.3. The summed E-state index contributed by atoms with van der Waals surface area (Å²) in [5.41, 5.74) is 0.0447. The van der Waals surface area contributed by atoms with Gasteiger partial charge in [0.2, 0.25) is 0 Å². The summed E-state index contributed by atoms with van der Waals surface area (Å²) in [6.07, 6.45) is 0. The molecule has 0 saturated carbocycles. The fourth-order valence-electron chi connectivity index (χ4n) is 0.959. The fraction of sp³-hybridized carbons (Fsp3) is 0.375. The maximum Gasteiger partial charge on any atom is 0.377 e. The lowest BCUT2D eigenvalue weighted by molar-refractivity contribution is 0.0521. The van der Waals surface area contributed by atoms with Crippen molar-refractivity contribution in [3.05, 3.63) is 17.0 Å². The Bertz CT molecular complexity index is 386. The van der Waals surface area contributed by atoms with E-state index < -0.39 is 11.9 Å². The number of ether oxygens (including phenoxy) is 2. The largest absolute Gasteiger partial charge is 0.465 e. The van der Waals surface area contributed by atoms with Crippen molar-refractivity contribution in [2.24, 2.45) is 0 Å². The minimum absolute atomic E-state index is 0.0646. The van der Waals surface area contributed by atoms with Crippen molar-refractivity contribution >= 4 is 23.5 Å². The second kappa shape index (κ2) is 4.79. The Balaban J connectivity index is 3.23. The highest BCUT2D eigenvalue weighted by atomic mass is 35.5. The van der Waals surface area contributed by atoms with Crippen LogP contribution in [0.1, 0.15) is 26.6 Å². The molecule has 0 unspecified atom stereocenters. The van der Waals surface area contributed by atoms with Crippen LogP contribution < -0.4 is 0 Å². The van der Waals surface area contributed by atoms with Crippen LogP contribution in [0.15, 0.2) is 4.52 Å². The second-order valence-corrected chi connectivity index (χ2v) is 2.72. The lowest BCUT2D eigenvalue weighted by Crippen LogP contribution is -2.10. The Morgan fingerprint density at radius 2 is 1.93 bits per heavy atom. The molecule has 15 heavy (non-hydrogen) atoms. The third-order valence-electron chi connectivity index (χ3n) is 1.65. The maximum absolute atomic E-state index is 11.3. The zero-order chi connectivity index (χ0) is 11.4. The predicted octanol–water partition coefficient (Wildman–Crippen LogP) is 0.987. The molecule has 7 heteroatoms. The molecule has 0 radical (unpaired) electrons. The Labute approximate surface area is 90.1 Å². The smallest absolute Gasteiger partial charge is 0.377 e. The zero-order valence-corrected chi connectivity index (χ0v) is 8.83. The molecule has 0 saturated heterocycles. The minimum atomic E-state index is -0.806. The molecule has 1 aromatic rings. The number of nitrogens with zero attached hydrogens (tertiary/aromatic N) is 1. The number of aromatic nitrogens is 1. The van der Waals surface area contributed by atoms with E-state index in [9.17, 15) is 9.59 Å². The molecule has 0 fully saturated rings. The van der Waals surface area contributed by atoms with Crippen molar-refractivity contribution in [3.8, 4) is 0 Å². The first-order valence-electron chi connectivity index (χ1n) is 3.86. The van der Waals surface area contributed by atoms with Crippen LogP contribution >= 0.6 is 11.6 Å². The quantitative estimate of drug-likeness (QED) is 0.572. The molecule has 0 N–H and O–H groups in total. The van der Waals surface area contributed by atoms with E-state index >= 15 is 0 Å². The lowest BCUT2D eigenvalue weighted by atomic mass is 10.2. The molecule has 82 valence electrons. The summed E-state index contributed by atoms with van der Waals surface area (Å²) in [4.78, 5) is 22.5. The van der Waals surface area contributed by atoms with Crippen LogP contribution in [0.4, 0.5) is 0 Å². The van der Waals surface area contributed by atoms with E-state index in [0.29, 0.717) is 0 Å². The van der Waals surface area contributed by atoms with Crippen molar-refractivity contribution in [3.63, 3.8) is 0 Å². The first-order valence-corrected chi connectivity index (χ1v) is 4.40. The number of carbonyl (C=O) groups excluding carboxylic acids is 2. The molecule has 1 rings (SSSR count). The number of halogens is 1. The van der Waals surface area contributed by atoms with Crippen molar-refractivity contribution in [2.45, 2.75) is 5.88 Å². The standard InChI is InChI=1S/C8H8ClNO5/c1-13-7(11)5-4(3-9)10-15-6(5)8(12)14-2/h3H2,1-2H3. The first kappa shape index (κ1) is 11.5. The summed E-state index contributed by atoms with van der Waals surface area (Å²) in [7, 11) is 2.33. The van der Waals surface area contributed by atoms with Crippen molar-refractivity contribution in [1.29, 1.82) is 0 Å². The average molecular weight is 234 g/mol.